The van der Waals surface area contributed by atoms with Crippen molar-refractivity contribution >= 4 is 11.0 Å². The highest BCUT2D eigenvalue weighted by molar-refractivity contribution is 5.82. The molecule has 0 radical (unpaired) electrons. The third kappa shape index (κ3) is 4.35. The Hall–Kier alpha value is -2.93. The van der Waals surface area contributed by atoms with Crippen LogP contribution in [0.4, 0.5) is 0 Å². The molecule has 1 saturated heterocycles. The van der Waals surface area contributed by atoms with E-state index in [1.807, 2.05) is 28.9 Å². The maximum atomic E-state index is 6.19. The van der Waals surface area contributed by atoms with Crippen molar-refractivity contribution in [2.75, 3.05) is 13.6 Å². The van der Waals surface area contributed by atoms with Crippen LogP contribution >= 0.6 is 0 Å². The van der Waals surface area contributed by atoms with Gasteiger partial charge in [-0.05, 0) is 38.6 Å². The van der Waals surface area contributed by atoms with Crippen molar-refractivity contribution in [3.05, 3.63) is 78.0 Å². The van der Waals surface area contributed by atoms with Gasteiger partial charge >= 0.3 is 0 Å². The highest BCUT2D eigenvalue weighted by atomic mass is 16.3. The van der Waals surface area contributed by atoms with Crippen LogP contribution in [0.15, 0.2) is 71.3 Å². The first-order valence-corrected chi connectivity index (χ1v) is 11.4. The molecule has 32 heavy (non-hydrogen) atoms. The van der Waals surface area contributed by atoms with E-state index in [4.69, 9.17) is 9.52 Å². The minimum Gasteiger partial charge on any atom is -0.454 e. The second-order valence-electron chi connectivity index (χ2n) is 9.06. The zero-order valence-electron chi connectivity index (χ0n) is 19.0. The molecular formula is C26H31N5O. The quantitative estimate of drug-likeness (QED) is 0.459. The first-order chi connectivity index (χ1) is 15.6. The molecule has 5 rings (SSSR count). The zero-order valence-corrected chi connectivity index (χ0v) is 19.0. The molecule has 3 heterocycles. The summed E-state index contributed by atoms with van der Waals surface area (Å²) in [7, 11) is 2.19. The van der Waals surface area contributed by atoms with Crippen molar-refractivity contribution in [1.29, 1.82) is 0 Å². The highest BCUT2D eigenvalue weighted by Crippen LogP contribution is 2.30. The minimum atomic E-state index is 0.447. The average molecular weight is 430 g/mol. The van der Waals surface area contributed by atoms with Crippen molar-refractivity contribution in [1.82, 2.24) is 25.5 Å². The number of aromatic nitrogens is 2. The number of furan rings is 1. The molecule has 2 N–H and O–H groups in total. The predicted octanol–water partition coefficient (Wildman–Crippen LogP) is 4.28. The van der Waals surface area contributed by atoms with Gasteiger partial charge in [-0.25, -0.2) is 0 Å². The van der Waals surface area contributed by atoms with Crippen LogP contribution in [0.1, 0.15) is 25.0 Å². The Labute approximate surface area is 189 Å². The van der Waals surface area contributed by atoms with E-state index in [1.165, 1.54) is 11.1 Å². The minimum absolute atomic E-state index is 0.447. The molecule has 166 valence electrons. The van der Waals surface area contributed by atoms with Crippen molar-refractivity contribution in [3.8, 4) is 11.5 Å². The first-order valence-electron chi connectivity index (χ1n) is 11.4. The molecule has 2 unspecified atom stereocenters. The van der Waals surface area contributed by atoms with Crippen LogP contribution in [0.3, 0.4) is 0 Å². The number of nitrogens with zero attached hydrogens (tertiary/aromatic N) is 3. The zero-order chi connectivity index (χ0) is 22.1. The maximum Gasteiger partial charge on any atom is 0.156 e. The summed E-state index contributed by atoms with van der Waals surface area (Å²) in [6.07, 6.45) is 2.17. The Balaban J connectivity index is 1.44. The summed E-state index contributed by atoms with van der Waals surface area (Å²) in [5.41, 5.74) is 11.0. The molecule has 2 aromatic heterocycles. The van der Waals surface area contributed by atoms with Crippen LogP contribution in [-0.4, -0.2) is 40.4 Å². The fraction of sp³-hybridized carbons (Fsp3) is 0.346. The van der Waals surface area contributed by atoms with Gasteiger partial charge < -0.3 is 9.32 Å². The molecule has 6 heteroatoms. The van der Waals surface area contributed by atoms with Crippen LogP contribution in [0.5, 0.6) is 0 Å². The van der Waals surface area contributed by atoms with Crippen LogP contribution in [-0.2, 0) is 13.1 Å². The van der Waals surface area contributed by atoms with Crippen LogP contribution in [0, 0.1) is 5.92 Å². The second-order valence-corrected chi connectivity index (χ2v) is 9.06. The number of hydrazine groups is 1. The number of fused-ring (bicyclic) bond motifs is 1. The third-order valence-electron chi connectivity index (χ3n) is 6.47. The van der Waals surface area contributed by atoms with E-state index in [1.54, 1.807) is 0 Å². The monoisotopic (exact) mass is 429 g/mol. The Morgan fingerprint density at radius 3 is 2.47 bits per heavy atom. The predicted molar refractivity (Wildman–Crippen MR) is 128 cm³/mol. The number of benzene rings is 2. The van der Waals surface area contributed by atoms with Crippen molar-refractivity contribution in [3.63, 3.8) is 0 Å². The first kappa shape index (κ1) is 20.9. The lowest BCUT2D eigenvalue weighted by Crippen LogP contribution is -2.35. The van der Waals surface area contributed by atoms with Gasteiger partial charge in [0.1, 0.15) is 11.3 Å². The van der Waals surface area contributed by atoms with Gasteiger partial charge in [0.05, 0.1) is 6.54 Å². The average Bonchev–Trinajstić information content (AvgIpc) is 3.47. The van der Waals surface area contributed by atoms with Gasteiger partial charge in [-0.15, -0.1) is 0 Å². The van der Waals surface area contributed by atoms with E-state index in [2.05, 4.69) is 79.2 Å². The standard InChI is InChI=1S/C26H31N5O/c1-18-23(19(2)28-27-18)17-30(3)15-22-16-31(14-20-9-5-4-6-10-20)29-26(22)25-13-21-11-7-8-12-24(21)32-25/h4-13,16,18-19,23,27-28H,14-15,17H2,1-3H3. The molecule has 2 atom stereocenters. The molecule has 0 amide bonds. The second kappa shape index (κ2) is 8.90. The third-order valence-corrected chi connectivity index (χ3v) is 6.47. The van der Waals surface area contributed by atoms with Crippen molar-refractivity contribution in [2.45, 2.75) is 39.0 Å². The molecule has 0 aliphatic carbocycles. The molecule has 0 spiro atoms. The number of rotatable bonds is 7. The van der Waals surface area contributed by atoms with Crippen molar-refractivity contribution in [2.24, 2.45) is 5.92 Å². The lowest BCUT2D eigenvalue weighted by Gasteiger charge is -2.25. The number of hydrogen-bond acceptors (Lipinski definition) is 5. The number of nitrogens with one attached hydrogen (secondary N) is 2. The highest BCUT2D eigenvalue weighted by Gasteiger charge is 2.30. The molecule has 0 bridgehead atoms. The summed E-state index contributed by atoms with van der Waals surface area (Å²) in [6, 6.07) is 21.6. The Morgan fingerprint density at radius 1 is 1.00 bits per heavy atom. The van der Waals surface area contributed by atoms with E-state index in [-0.39, 0.29) is 0 Å². The summed E-state index contributed by atoms with van der Waals surface area (Å²) >= 11 is 0. The summed E-state index contributed by atoms with van der Waals surface area (Å²) in [6.45, 7) is 7.05. The largest absolute Gasteiger partial charge is 0.454 e. The molecule has 1 fully saturated rings. The smallest absolute Gasteiger partial charge is 0.156 e. The van der Waals surface area contributed by atoms with Crippen LogP contribution in [0.2, 0.25) is 0 Å². The maximum absolute atomic E-state index is 6.19. The molecular weight excluding hydrogens is 398 g/mol. The topological polar surface area (TPSA) is 58.3 Å². The van der Waals surface area contributed by atoms with E-state index >= 15 is 0 Å². The number of hydrogen-bond donors (Lipinski definition) is 2. The molecule has 2 aromatic carbocycles. The molecule has 4 aromatic rings. The van der Waals surface area contributed by atoms with Gasteiger partial charge in [0.2, 0.25) is 0 Å². The summed E-state index contributed by atoms with van der Waals surface area (Å²) in [4.78, 5) is 2.39. The molecule has 6 nitrogen and oxygen atoms in total. The Morgan fingerprint density at radius 2 is 1.72 bits per heavy atom. The lowest BCUT2D eigenvalue weighted by molar-refractivity contribution is 0.249. The summed E-state index contributed by atoms with van der Waals surface area (Å²) in [5.74, 6) is 1.38. The van der Waals surface area contributed by atoms with Crippen molar-refractivity contribution < 1.29 is 4.42 Å². The van der Waals surface area contributed by atoms with E-state index < -0.39 is 0 Å². The Kier molecular flexibility index (Phi) is 5.83. The fourth-order valence-electron chi connectivity index (χ4n) is 4.68. The molecule has 1 aliphatic heterocycles. The van der Waals surface area contributed by atoms with Crippen LogP contribution < -0.4 is 10.9 Å². The van der Waals surface area contributed by atoms with Gasteiger partial charge in [0, 0.05) is 48.2 Å². The normalized spacial score (nSPS) is 21.1. The number of para-hydroxylation sites is 1. The van der Waals surface area contributed by atoms with Gasteiger partial charge in [-0.1, -0.05) is 48.5 Å². The van der Waals surface area contributed by atoms with Gasteiger partial charge in [-0.2, -0.15) is 5.10 Å². The molecule has 0 saturated carbocycles. The summed E-state index contributed by atoms with van der Waals surface area (Å²) in [5, 5.41) is 6.06. The van der Waals surface area contributed by atoms with Gasteiger partial charge in [0.15, 0.2) is 5.76 Å². The van der Waals surface area contributed by atoms with Gasteiger partial charge in [0.25, 0.3) is 0 Å². The Bertz CT molecular complexity index is 1140. The lowest BCUT2D eigenvalue weighted by atomic mass is 9.96. The van der Waals surface area contributed by atoms with Crippen LogP contribution in [0.25, 0.3) is 22.4 Å². The van der Waals surface area contributed by atoms with E-state index in [0.29, 0.717) is 18.0 Å². The van der Waals surface area contributed by atoms with E-state index in [9.17, 15) is 0 Å². The fourth-order valence-corrected chi connectivity index (χ4v) is 4.68. The van der Waals surface area contributed by atoms with E-state index in [0.717, 1.165) is 42.1 Å². The SMILES string of the molecule is CC1NNC(C)C1CN(C)Cc1cn(Cc2ccccc2)nc1-c1cc2ccccc2o1. The summed E-state index contributed by atoms with van der Waals surface area (Å²) < 4.78 is 8.23. The molecule has 1 aliphatic rings. The van der Waals surface area contributed by atoms with Gasteiger partial charge in [-0.3, -0.25) is 15.5 Å².